The Morgan fingerprint density at radius 2 is 1.89 bits per heavy atom. The third kappa shape index (κ3) is 3.58. The normalized spacial score (nSPS) is 11.8. The Labute approximate surface area is 117 Å². The first kappa shape index (κ1) is 14.1. The number of hydrogen-bond donors (Lipinski definition) is 1. The standard InChI is InChI=1S/C14H19N3OS/c1-4-17-12(11-8-6-5-7-9-11)15-16-13(17)19-10-14(2,3)18/h5-9,18H,4,10H2,1-3H3. The zero-order valence-electron chi connectivity index (χ0n) is 11.5. The summed E-state index contributed by atoms with van der Waals surface area (Å²) in [6.07, 6.45) is 0. The lowest BCUT2D eigenvalue weighted by Crippen LogP contribution is -2.22. The van der Waals surface area contributed by atoms with Crippen molar-refractivity contribution in [3.8, 4) is 11.4 Å². The number of aromatic nitrogens is 3. The van der Waals surface area contributed by atoms with Gasteiger partial charge in [-0.1, -0.05) is 42.1 Å². The molecule has 0 radical (unpaired) electrons. The summed E-state index contributed by atoms with van der Waals surface area (Å²) in [5, 5.41) is 19.1. The van der Waals surface area contributed by atoms with E-state index in [1.54, 1.807) is 13.8 Å². The molecule has 4 nitrogen and oxygen atoms in total. The van der Waals surface area contributed by atoms with Gasteiger partial charge in [0.1, 0.15) is 0 Å². The van der Waals surface area contributed by atoms with Crippen molar-refractivity contribution in [3.63, 3.8) is 0 Å². The molecule has 19 heavy (non-hydrogen) atoms. The smallest absolute Gasteiger partial charge is 0.191 e. The Kier molecular flexibility index (Phi) is 4.27. The van der Waals surface area contributed by atoms with E-state index in [2.05, 4.69) is 21.7 Å². The molecule has 0 aliphatic rings. The van der Waals surface area contributed by atoms with Crippen LogP contribution in [-0.2, 0) is 6.54 Å². The van der Waals surface area contributed by atoms with E-state index in [1.165, 1.54) is 11.8 Å². The fourth-order valence-corrected chi connectivity index (χ4v) is 2.67. The fraction of sp³-hybridized carbons (Fsp3) is 0.429. The second kappa shape index (κ2) is 5.75. The summed E-state index contributed by atoms with van der Waals surface area (Å²) in [5.41, 5.74) is 0.356. The summed E-state index contributed by atoms with van der Waals surface area (Å²) in [6, 6.07) is 10.0. The van der Waals surface area contributed by atoms with E-state index in [-0.39, 0.29) is 0 Å². The van der Waals surface area contributed by atoms with Crippen molar-refractivity contribution < 1.29 is 5.11 Å². The SMILES string of the molecule is CCn1c(SCC(C)(C)O)nnc1-c1ccccc1. The van der Waals surface area contributed by atoms with Gasteiger partial charge < -0.3 is 9.67 Å². The van der Waals surface area contributed by atoms with Gasteiger partial charge in [-0.3, -0.25) is 0 Å². The lowest BCUT2D eigenvalue weighted by molar-refractivity contribution is 0.107. The summed E-state index contributed by atoms with van der Waals surface area (Å²) in [7, 11) is 0. The van der Waals surface area contributed by atoms with Gasteiger partial charge in [-0.25, -0.2) is 0 Å². The molecule has 0 saturated heterocycles. The molecule has 1 heterocycles. The maximum Gasteiger partial charge on any atom is 0.191 e. The topological polar surface area (TPSA) is 50.9 Å². The second-order valence-corrected chi connectivity index (χ2v) is 5.96. The molecule has 0 aliphatic heterocycles. The maximum atomic E-state index is 9.79. The number of rotatable bonds is 5. The highest BCUT2D eigenvalue weighted by atomic mass is 32.2. The molecular weight excluding hydrogens is 258 g/mol. The highest BCUT2D eigenvalue weighted by Gasteiger charge is 2.17. The zero-order chi connectivity index (χ0) is 13.9. The first-order valence-corrected chi connectivity index (χ1v) is 7.33. The lowest BCUT2D eigenvalue weighted by Gasteiger charge is -2.16. The molecule has 0 fully saturated rings. The third-order valence-corrected chi connectivity index (χ3v) is 4.03. The molecular formula is C14H19N3OS. The molecule has 0 unspecified atom stereocenters. The molecule has 2 aromatic rings. The average molecular weight is 277 g/mol. The Morgan fingerprint density at radius 1 is 1.21 bits per heavy atom. The van der Waals surface area contributed by atoms with Crippen LogP contribution in [-0.4, -0.2) is 31.2 Å². The Bertz CT molecular complexity index is 531. The van der Waals surface area contributed by atoms with Crippen molar-refractivity contribution in [1.29, 1.82) is 0 Å². The van der Waals surface area contributed by atoms with Crippen molar-refractivity contribution in [2.24, 2.45) is 0 Å². The molecule has 0 atom stereocenters. The van der Waals surface area contributed by atoms with Gasteiger partial charge in [-0.05, 0) is 20.8 Å². The van der Waals surface area contributed by atoms with Crippen LogP contribution in [0.25, 0.3) is 11.4 Å². The van der Waals surface area contributed by atoms with Crippen molar-refractivity contribution in [3.05, 3.63) is 30.3 Å². The van der Waals surface area contributed by atoms with Gasteiger partial charge in [0, 0.05) is 17.9 Å². The largest absolute Gasteiger partial charge is 0.390 e. The lowest BCUT2D eigenvalue weighted by atomic mass is 10.2. The Morgan fingerprint density at radius 3 is 2.47 bits per heavy atom. The minimum absolute atomic E-state index is 0.597. The van der Waals surface area contributed by atoms with Gasteiger partial charge in [-0.15, -0.1) is 10.2 Å². The molecule has 102 valence electrons. The number of aliphatic hydroxyl groups is 1. The molecule has 5 heteroatoms. The fourth-order valence-electron chi connectivity index (χ4n) is 1.72. The van der Waals surface area contributed by atoms with E-state index in [0.29, 0.717) is 5.75 Å². The maximum absolute atomic E-state index is 9.79. The van der Waals surface area contributed by atoms with Crippen LogP contribution in [0.5, 0.6) is 0 Å². The van der Waals surface area contributed by atoms with Crippen LogP contribution in [0, 0.1) is 0 Å². The second-order valence-electron chi connectivity index (χ2n) is 5.02. The molecule has 1 aromatic heterocycles. The highest BCUT2D eigenvalue weighted by molar-refractivity contribution is 7.99. The van der Waals surface area contributed by atoms with E-state index in [4.69, 9.17) is 0 Å². The van der Waals surface area contributed by atoms with E-state index in [1.807, 2.05) is 30.3 Å². The molecule has 0 spiro atoms. The molecule has 1 aromatic carbocycles. The summed E-state index contributed by atoms with van der Waals surface area (Å²) in [5.74, 6) is 1.47. The minimum atomic E-state index is -0.706. The molecule has 1 N–H and O–H groups in total. The summed E-state index contributed by atoms with van der Waals surface area (Å²) in [4.78, 5) is 0. The van der Waals surface area contributed by atoms with E-state index in [9.17, 15) is 5.11 Å². The van der Waals surface area contributed by atoms with Crippen molar-refractivity contribution in [2.45, 2.75) is 38.1 Å². The third-order valence-electron chi connectivity index (χ3n) is 2.62. The Hall–Kier alpha value is -1.33. The first-order chi connectivity index (χ1) is 9.01. The zero-order valence-corrected chi connectivity index (χ0v) is 12.3. The van der Waals surface area contributed by atoms with Crippen LogP contribution in [0.3, 0.4) is 0 Å². The first-order valence-electron chi connectivity index (χ1n) is 6.35. The van der Waals surface area contributed by atoms with Gasteiger partial charge >= 0.3 is 0 Å². The van der Waals surface area contributed by atoms with E-state index >= 15 is 0 Å². The Balaban J connectivity index is 2.26. The van der Waals surface area contributed by atoms with E-state index < -0.39 is 5.60 Å². The van der Waals surface area contributed by atoms with Crippen molar-refractivity contribution in [2.75, 3.05) is 5.75 Å². The van der Waals surface area contributed by atoms with Crippen molar-refractivity contribution >= 4 is 11.8 Å². The monoisotopic (exact) mass is 277 g/mol. The van der Waals surface area contributed by atoms with Gasteiger partial charge in [0.2, 0.25) is 0 Å². The molecule has 2 rings (SSSR count). The summed E-state index contributed by atoms with van der Waals surface area (Å²) in [6.45, 7) is 6.48. The van der Waals surface area contributed by atoms with Crippen LogP contribution in [0.4, 0.5) is 0 Å². The predicted molar refractivity (Wildman–Crippen MR) is 78.2 cm³/mol. The quantitative estimate of drug-likeness (QED) is 0.854. The highest BCUT2D eigenvalue weighted by Crippen LogP contribution is 2.25. The summed E-state index contributed by atoms with van der Waals surface area (Å²) < 4.78 is 2.08. The van der Waals surface area contributed by atoms with Crippen LogP contribution in [0.2, 0.25) is 0 Å². The number of nitrogens with zero attached hydrogens (tertiary/aromatic N) is 3. The van der Waals surface area contributed by atoms with Gasteiger partial charge in [-0.2, -0.15) is 0 Å². The van der Waals surface area contributed by atoms with Crippen molar-refractivity contribution in [1.82, 2.24) is 14.8 Å². The van der Waals surface area contributed by atoms with Crippen LogP contribution < -0.4 is 0 Å². The van der Waals surface area contributed by atoms with Crippen LogP contribution in [0.15, 0.2) is 35.5 Å². The molecule has 0 saturated carbocycles. The number of thioether (sulfide) groups is 1. The summed E-state index contributed by atoms with van der Waals surface area (Å²) >= 11 is 1.53. The molecule has 0 aliphatic carbocycles. The van der Waals surface area contributed by atoms with Crippen LogP contribution in [0.1, 0.15) is 20.8 Å². The van der Waals surface area contributed by atoms with Crippen LogP contribution >= 0.6 is 11.8 Å². The van der Waals surface area contributed by atoms with Gasteiger partial charge in [0.05, 0.1) is 5.60 Å². The minimum Gasteiger partial charge on any atom is -0.390 e. The number of hydrogen-bond acceptors (Lipinski definition) is 4. The molecule has 0 amide bonds. The van der Waals surface area contributed by atoms with Gasteiger partial charge in [0.15, 0.2) is 11.0 Å². The average Bonchev–Trinajstić information content (AvgIpc) is 2.79. The van der Waals surface area contributed by atoms with Gasteiger partial charge in [0.25, 0.3) is 0 Å². The van der Waals surface area contributed by atoms with E-state index in [0.717, 1.165) is 23.1 Å². The predicted octanol–water partition coefficient (Wildman–Crippen LogP) is 2.83. The molecule has 0 bridgehead atoms. The number of benzene rings is 1.